The SMILES string of the molecule is CCC1CCC[C@@H]2Cc3c(ccc4c3OCO4)CC2CC1. The minimum absolute atomic E-state index is 0.401. The molecule has 4 rings (SSSR count). The summed E-state index contributed by atoms with van der Waals surface area (Å²) in [6.07, 6.45) is 11.0. The summed E-state index contributed by atoms with van der Waals surface area (Å²) in [6.45, 7) is 2.76. The highest BCUT2D eigenvalue weighted by Crippen LogP contribution is 2.46. The van der Waals surface area contributed by atoms with Crippen LogP contribution in [0.1, 0.15) is 56.6 Å². The second-order valence-electron chi connectivity index (χ2n) is 7.15. The molecular formula is C19H26O2. The van der Waals surface area contributed by atoms with E-state index in [1.807, 2.05) is 0 Å². The number of rotatable bonds is 1. The van der Waals surface area contributed by atoms with E-state index >= 15 is 0 Å². The van der Waals surface area contributed by atoms with Gasteiger partial charge in [-0.25, -0.2) is 0 Å². The highest BCUT2D eigenvalue weighted by molar-refractivity contribution is 5.53. The molecule has 0 saturated heterocycles. The summed E-state index contributed by atoms with van der Waals surface area (Å²) in [5.41, 5.74) is 2.98. The summed E-state index contributed by atoms with van der Waals surface area (Å²) in [4.78, 5) is 0. The van der Waals surface area contributed by atoms with Crippen LogP contribution in [0.3, 0.4) is 0 Å². The Kier molecular flexibility index (Phi) is 3.56. The molecule has 1 heterocycles. The summed E-state index contributed by atoms with van der Waals surface area (Å²) in [7, 11) is 0. The van der Waals surface area contributed by atoms with Crippen molar-refractivity contribution in [3.63, 3.8) is 0 Å². The van der Waals surface area contributed by atoms with Crippen LogP contribution < -0.4 is 9.47 Å². The maximum atomic E-state index is 5.74. The Morgan fingerprint density at radius 3 is 2.81 bits per heavy atom. The predicted molar refractivity (Wildman–Crippen MR) is 83.8 cm³/mol. The molecule has 1 aromatic carbocycles. The van der Waals surface area contributed by atoms with Gasteiger partial charge in [0, 0.05) is 5.56 Å². The van der Waals surface area contributed by atoms with E-state index in [2.05, 4.69) is 19.1 Å². The Balaban J connectivity index is 1.59. The Hall–Kier alpha value is -1.18. The smallest absolute Gasteiger partial charge is 0.231 e. The van der Waals surface area contributed by atoms with Crippen molar-refractivity contribution in [3.8, 4) is 11.5 Å². The van der Waals surface area contributed by atoms with E-state index < -0.39 is 0 Å². The van der Waals surface area contributed by atoms with E-state index in [0.29, 0.717) is 6.79 Å². The minimum Gasteiger partial charge on any atom is -0.454 e. The summed E-state index contributed by atoms with van der Waals surface area (Å²) in [6, 6.07) is 4.40. The van der Waals surface area contributed by atoms with Crippen molar-refractivity contribution in [2.24, 2.45) is 17.8 Å². The third kappa shape index (κ3) is 2.43. The van der Waals surface area contributed by atoms with Gasteiger partial charge in [0.05, 0.1) is 0 Å². The monoisotopic (exact) mass is 286 g/mol. The molecule has 1 fully saturated rings. The lowest BCUT2D eigenvalue weighted by atomic mass is 9.69. The van der Waals surface area contributed by atoms with Crippen LogP contribution in [0.25, 0.3) is 0 Å². The maximum Gasteiger partial charge on any atom is 0.231 e. The molecule has 2 heteroatoms. The van der Waals surface area contributed by atoms with Crippen LogP contribution in [-0.2, 0) is 12.8 Å². The topological polar surface area (TPSA) is 18.5 Å². The number of benzene rings is 1. The molecule has 3 atom stereocenters. The molecule has 114 valence electrons. The number of ether oxygens (including phenoxy) is 2. The van der Waals surface area contributed by atoms with Gasteiger partial charge < -0.3 is 9.47 Å². The number of fused-ring (bicyclic) bond motifs is 4. The van der Waals surface area contributed by atoms with Gasteiger partial charge in [0.2, 0.25) is 6.79 Å². The lowest BCUT2D eigenvalue weighted by Gasteiger charge is -2.36. The Morgan fingerprint density at radius 2 is 1.90 bits per heavy atom. The van der Waals surface area contributed by atoms with Gasteiger partial charge in [0.25, 0.3) is 0 Å². The van der Waals surface area contributed by atoms with Gasteiger partial charge in [-0.05, 0) is 55.1 Å². The molecule has 0 spiro atoms. The van der Waals surface area contributed by atoms with Crippen molar-refractivity contribution in [2.75, 3.05) is 6.79 Å². The average molecular weight is 286 g/mol. The summed E-state index contributed by atoms with van der Waals surface area (Å²) >= 11 is 0. The molecule has 0 aromatic heterocycles. The first-order valence-corrected chi connectivity index (χ1v) is 8.75. The molecule has 1 aromatic rings. The fourth-order valence-electron chi connectivity index (χ4n) is 4.71. The second kappa shape index (κ2) is 5.55. The zero-order chi connectivity index (χ0) is 14.2. The molecule has 2 aliphatic carbocycles. The Labute approximate surface area is 127 Å². The van der Waals surface area contributed by atoms with Gasteiger partial charge in [0.1, 0.15) is 0 Å². The van der Waals surface area contributed by atoms with E-state index in [9.17, 15) is 0 Å². The van der Waals surface area contributed by atoms with Crippen molar-refractivity contribution >= 4 is 0 Å². The third-order valence-electron chi connectivity index (χ3n) is 6.06. The summed E-state index contributed by atoms with van der Waals surface area (Å²) in [5, 5.41) is 0. The van der Waals surface area contributed by atoms with E-state index in [1.54, 1.807) is 0 Å². The average Bonchev–Trinajstić information content (AvgIpc) is 2.96. The summed E-state index contributed by atoms with van der Waals surface area (Å²) in [5.74, 6) is 4.76. The van der Waals surface area contributed by atoms with E-state index in [4.69, 9.17) is 9.47 Å². The van der Waals surface area contributed by atoms with Crippen LogP contribution in [-0.4, -0.2) is 6.79 Å². The number of hydrogen-bond donors (Lipinski definition) is 0. The van der Waals surface area contributed by atoms with Crippen LogP contribution in [0.5, 0.6) is 11.5 Å². The van der Waals surface area contributed by atoms with Crippen molar-refractivity contribution in [3.05, 3.63) is 23.3 Å². The van der Waals surface area contributed by atoms with Crippen LogP contribution in [0, 0.1) is 17.8 Å². The van der Waals surface area contributed by atoms with E-state index in [0.717, 1.165) is 29.3 Å². The van der Waals surface area contributed by atoms with Gasteiger partial charge in [-0.3, -0.25) is 0 Å². The molecule has 1 aliphatic heterocycles. The molecule has 2 unspecified atom stereocenters. The van der Waals surface area contributed by atoms with Gasteiger partial charge in [-0.2, -0.15) is 0 Å². The molecule has 1 saturated carbocycles. The highest BCUT2D eigenvalue weighted by Gasteiger charge is 2.33. The molecule has 0 N–H and O–H groups in total. The Morgan fingerprint density at radius 1 is 1.00 bits per heavy atom. The fourth-order valence-corrected chi connectivity index (χ4v) is 4.71. The normalized spacial score (nSPS) is 31.0. The standard InChI is InChI=1S/C19H26O2/c1-2-13-4-3-5-14-11-17-16(10-15(14)7-6-13)8-9-18-19(17)21-12-20-18/h8-9,13-15H,2-7,10-12H2,1H3/t13?,14-,15?/m1/s1. The lowest BCUT2D eigenvalue weighted by molar-refractivity contribution is 0.171. The van der Waals surface area contributed by atoms with Crippen molar-refractivity contribution < 1.29 is 9.47 Å². The first kappa shape index (κ1) is 13.5. The van der Waals surface area contributed by atoms with Crippen molar-refractivity contribution in [2.45, 2.75) is 58.3 Å². The first-order valence-electron chi connectivity index (χ1n) is 8.75. The van der Waals surface area contributed by atoms with Gasteiger partial charge in [-0.1, -0.05) is 38.7 Å². The summed E-state index contributed by atoms with van der Waals surface area (Å²) < 4.78 is 11.3. The maximum absolute atomic E-state index is 5.74. The molecule has 0 radical (unpaired) electrons. The Bertz CT molecular complexity index is 523. The second-order valence-corrected chi connectivity index (χ2v) is 7.15. The van der Waals surface area contributed by atoms with Crippen LogP contribution in [0.2, 0.25) is 0 Å². The van der Waals surface area contributed by atoms with Crippen molar-refractivity contribution in [1.82, 2.24) is 0 Å². The molecule has 0 amide bonds. The molecule has 0 bridgehead atoms. The first-order chi connectivity index (χ1) is 10.3. The van der Waals surface area contributed by atoms with Crippen molar-refractivity contribution in [1.29, 1.82) is 0 Å². The van der Waals surface area contributed by atoms with Crippen LogP contribution >= 0.6 is 0 Å². The number of hydrogen-bond acceptors (Lipinski definition) is 2. The van der Waals surface area contributed by atoms with E-state index in [1.165, 1.54) is 62.5 Å². The highest BCUT2D eigenvalue weighted by atomic mass is 16.7. The van der Waals surface area contributed by atoms with E-state index in [-0.39, 0.29) is 0 Å². The minimum atomic E-state index is 0.401. The van der Waals surface area contributed by atoms with Gasteiger partial charge >= 0.3 is 0 Å². The zero-order valence-corrected chi connectivity index (χ0v) is 13.1. The van der Waals surface area contributed by atoms with Crippen LogP contribution in [0.15, 0.2) is 12.1 Å². The van der Waals surface area contributed by atoms with Crippen LogP contribution in [0.4, 0.5) is 0 Å². The lowest BCUT2D eigenvalue weighted by Crippen LogP contribution is -2.28. The predicted octanol–water partition coefficient (Wildman–Crippen LogP) is 4.74. The largest absolute Gasteiger partial charge is 0.454 e. The molecule has 3 aliphatic rings. The molecule has 2 nitrogen and oxygen atoms in total. The molecular weight excluding hydrogens is 260 g/mol. The quantitative estimate of drug-likeness (QED) is 0.742. The fraction of sp³-hybridized carbons (Fsp3) is 0.684. The third-order valence-corrected chi connectivity index (χ3v) is 6.06. The van der Waals surface area contributed by atoms with Gasteiger partial charge in [0.15, 0.2) is 11.5 Å². The van der Waals surface area contributed by atoms with Gasteiger partial charge in [-0.15, -0.1) is 0 Å². The molecule has 21 heavy (non-hydrogen) atoms. The zero-order valence-electron chi connectivity index (χ0n) is 13.1.